The number of halogens is 3. The number of hydrogen-bond acceptors (Lipinski definition) is 7. The van der Waals surface area contributed by atoms with Crippen molar-refractivity contribution in [3.05, 3.63) is 70.5 Å². The highest BCUT2D eigenvalue weighted by molar-refractivity contribution is 7.92. The summed E-state index contributed by atoms with van der Waals surface area (Å²) in [6.45, 7) is 1.61. The van der Waals surface area contributed by atoms with E-state index in [-0.39, 0.29) is 24.4 Å². The zero-order chi connectivity index (χ0) is 23.7. The number of aromatic hydroxyl groups is 1. The molecule has 1 N–H and O–H groups in total. The zero-order valence-corrected chi connectivity index (χ0v) is 17.2. The first kappa shape index (κ1) is 23.1. The standard InChI is InChI=1S/C19H16F3N3O6S/c1-2-31-17(27)15-9-23-8-7-12(15)10-24-11-16(26)25(18(24)28)13-3-5-14(6-4-13)32(29,30)19(20,21)22/h3-9,11,26H,2,10H2,1H3. The number of nitrogens with zero attached hydrogens (tertiary/aromatic N) is 3. The molecule has 0 spiro atoms. The molecule has 2 heterocycles. The minimum Gasteiger partial charge on any atom is -0.493 e. The minimum absolute atomic E-state index is 0.0623. The van der Waals surface area contributed by atoms with Gasteiger partial charge in [-0.25, -0.2) is 22.6 Å². The van der Waals surface area contributed by atoms with Gasteiger partial charge in [0.2, 0.25) is 5.88 Å². The third-order valence-electron chi connectivity index (χ3n) is 4.39. The Morgan fingerprint density at radius 2 is 1.84 bits per heavy atom. The summed E-state index contributed by atoms with van der Waals surface area (Å²) < 4.78 is 67.8. The Morgan fingerprint density at radius 1 is 1.19 bits per heavy atom. The van der Waals surface area contributed by atoms with Crippen LogP contribution < -0.4 is 5.69 Å². The summed E-state index contributed by atoms with van der Waals surface area (Å²) in [4.78, 5) is 27.7. The summed E-state index contributed by atoms with van der Waals surface area (Å²) >= 11 is 0. The lowest BCUT2D eigenvalue weighted by Gasteiger charge is -2.09. The van der Waals surface area contributed by atoms with Gasteiger partial charge in [-0.05, 0) is 42.8 Å². The molecule has 0 unspecified atom stereocenters. The van der Waals surface area contributed by atoms with Crippen molar-refractivity contribution in [3.63, 3.8) is 0 Å². The average Bonchev–Trinajstić information content (AvgIpc) is 3.01. The SMILES string of the molecule is CCOC(=O)c1cnccc1Cn1cc(O)n(-c2ccc(S(=O)(=O)C(F)(F)F)cc2)c1=O. The molecule has 0 radical (unpaired) electrons. The number of alkyl halides is 3. The van der Waals surface area contributed by atoms with Crippen LogP contribution in [0.15, 0.2) is 58.6 Å². The van der Waals surface area contributed by atoms with E-state index in [1.165, 1.54) is 18.5 Å². The normalized spacial score (nSPS) is 12.0. The van der Waals surface area contributed by atoms with Gasteiger partial charge >= 0.3 is 17.2 Å². The van der Waals surface area contributed by atoms with Crippen LogP contribution in [0.5, 0.6) is 5.88 Å². The largest absolute Gasteiger partial charge is 0.501 e. The van der Waals surface area contributed by atoms with E-state index in [1.807, 2.05) is 0 Å². The van der Waals surface area contributed by atoms with E-state index in [0.29, 0.717) is 17.7 Å². The van der Waals surface area contributed by atoms with Crippen LogP contribution >= 0.6 is 0 Å². The molecule has 2 aromatic heterocycles. The van der Waals surface area contributed by atoms with E-state index in [2.05, 4.69) is 4.98 Å². The third-order valence-corrected chi connectivity index (χ3v) is 5.90. The molecule has 1 aromatic carbocycles. The molecule has 0 aliphatic rings. The van der Waals surface area contributed by atoms with Crippen LogP contribution in [0.3, 0.4) is 0 Å². The molecule has 0 aliphatic carbocycles. The highest BCUT2D eigenvalue weighted by Gasteiger charge is 2.46. The second kappa shape index (κ2) is 8.49. The first-order valence-corrected chi connectivity index (χ1v) is 10.5. The number of carbonyl (C=O) groups excluding carboxylic acids is 1. The number of ether oxygens (including phenoxy) is 1. The minimum atomic E-state index is -5.55. The van der Waals surface area contributed by atoms with Gasteiger partial charge in [0.15, 0.2) is 0 Å². The summed E-state index contributed by atoms with van der Waals surface area (Å²) in [6.07, 6.45) is 3.74. The van der Waals surface area contributed by atoms with E-state index in [1.54, 1.807) is 6.92 Å². The van der Waals surface area contributed by atoms with Gasteiger partial charge in [-0.3, -0.25) is 9.55 Å². The van der Waals surface area contributed by atoms with Gasteiger partial charge in [0.05, 0.1) is 35.5 Å². The summed E-state index contributed by atoms with van der Waals surface area (Å²) in [5, 5.41) is 10.2. The van der Waals surface area contributed by atoms with E-state index in [4.69, 9.17) is 4.74 Å². The van der Waals surface area contributed by atoms with Gasteiger partial charge in [-0.2, -0.15) is 13.2 Å². The summed E-state index contributed by atoms with van der Waals surface area (Å²) in [7, 11) is -5.55. The first-order valence-electron chi connectivity index (χ1n) is 9.00. The molecule has 0 atom stereocenters. The van der Waals surface area contributed by atoms with Crippen molar-refractivity contribution in [1.82, 2.24) is 14.1 Å². The number of carbonyl (C=O) groups is 1. The van der Waals surface area contributed by atoms with Crippen LogP contribution in [0, 0.1) is 0 Å². The number of rotatable bonds is 6. The Balaban J connectivity index is 1.97. The van der Waals surface area contributed by atoms with Crippen molar-refractivity contribution in [2.75, 3.05) is 6.61 Å². The number of aromatic nitrogens is 3. The van der Waals surface area contributed by atoms with E-state index in [0.717, 1.165) is 27.5 Å². The topological polar surface area (TPSA) is 120 Å². The van der Waals surface area contributed by atoms with Crippen LogP contribution in [-0.4, -0.2) is 45.7 Å². The van der Waals surface area contributed by atoms with Crippen molar-refractivity contribution in [3.8, 4) is 11.6 Å². The lowest BCUT2D eigenvalue weighted by molar-refractivity contribution is -0.0436. The molecule has 0 fully saturated rings. The molecular weight excluding hydrogens is 455 g/mol. The Hall–Kier alpha value is -3.61. The van der Waals surface area contributed by atoms with Crippen LogP contribution in [0.25, 0.3) is 5.69 Å². The predicted molar refractivity (Wildman–Crippen MR) is 104 cm³/mol. The van der Waals surface area contributed by atoms with Gasteiger partial charge in [0.25, 0.3) is 9.84 Å². The number of sulfone groups is 1. The number of hydrogen-bond donors (Lipinski definition) is 1. The van der Waals surface area contributed by atoms with Gasteiger partial charge in [0, 0.05) is 12.4 Å². The molecular formula is C19H16F3N3O6S. The van der Waals surface area contributed by atoms with Crippen molar-refractivity contribution in [2.24, 2.45) is 0 Å². The maximum absolute atomic E-state index is 12.8. The fraction of sp³-hybridized carbons (Fsp3) is 0.211. The van der Waals surface area contributed by atoms with Gasteiger partial charge in [-0.15, -0.1) is 0 Å². The molecule has 3 aromatic rings. The molecule has 9 nitrogen and oxygen atoms in total. The lowest BCUT2D eigenvalue weighted by Crippen LogP contribution is -2.25. The van der Waals surface area contributed by atoms with Crippen molar-refractivity contribution in [2.45, 2.75) is 23.9 Å². The quantitative estimate of drug-likeness (QED) is 0.548. The molecule has 0 bridgehead atoms. The van der Waals surface area contributed by atoms with Crippen LogP contribution in [0.4, 0.5) is 13.2 Å². The molecule has 3 rings (SSSR count). The zero-order valence-electron chi connectivity index (χ0n) is 16.4. The fourth-order valence-corrected chi connectivity index (χ4v) is 3.64. The molecule has 170 valence electrons. The first-order chi connectivity index (χ1) is 15.0. The lowest BCUT2D eigenvalue weighted by atomic mass is 10.1. The molecule has 0 saturated heterocycles. The van der Waals surface area contributed by atoms with Crippen molar-refractivity contribution in [1.29, 1.82) is 0 Å². The third kappa shape index (κ3) is 4.23. The number of esters is 1. The number of pyridine rings is 1. The highest BCUT2D eigenvalue weighted by Crippen LogP contribution is 2.30. The smallest absolute Gasteiger partial charge is 0.493 e. The Bertz CT molecular complexity index is 1310. The Labute approximate surface area is 179 Å². The summed E-state index contributed by atoms with van der Waals surface area (Å²) in [6, 6.07) is 4.78. The number of benzene rings is 1. The maximum Gasteiger partial charge on any atom is 0.501 e. The molecule has 13 heteroatoms. The average molecular weight is 471 g/mol. The fourth-order valence-electron chi connectivity index (χ4n) is 2.88. The predicted octanol–water partition coefficient (Wildman–Crippen LogP) is 2.26. The van der Waals surface area contributed by atoms with Crippen LogP contribution in [-0.2, 0) is 21.1 Å². The second-order valence-corrected chi connectivity index (χ2v) is 8.37. The van der Waals surface area contributed by atoms with E-state index >= 15 is 0 Å². The Morgan fingerprint density at radius 3 is 2.44 bits per heavy atom. The van der Waals surface area contributed by atoms with Gasteiger partial charge < -0.3 is 9.84 Å². The second-order valence-electron chi connectivity index (χ2n) is 6.43. The molecule has 0 saturated carbocycles. The monoisotopic (exact) mass is 471 g/mol. The molecule has 32 heavy (non-hydrogen) atoms. The molecule has 0 aliphatic heterocycles. The van der Waals surface area contributed by atoms with Crippen LogP contribution in [0.2, 0.25) is 0 Å². The van der Waals surface area contributed by atoms with Gasteiger partial charge in [-0.1, -0.05) is 0 Å². The number of imidazole rings is 1. The summed E-state index contributed by atoms with van der Waals surface area (Å²) in [5.74, 6) is -1.19. The van der Waals surface area contributed by atoms with Crippen molar-refractivity contribution >= 4 is 15.8 Å². The highest BCUT2D eigenvalue weighted by atomic mass is 32.2. The molecule has 0 amide bonds. The van der Waals surface area contributed by atoms with E-state index in [9.17, 15) is 36.3 Å². The Kier molecular flexibility index (Phi) is 6.12. The van der Waals surface area contributed by atoms with E-state index < -0.39 is 37.8 Å². The summed E-state index contributed by atoms with van der Waals surface area (Å²) in [5.41, 5.74) is -5.81. The van der Waals surface area contributed by atoms with Crippen molar-refractivity contribution < 1.29 is 36.2 Å². The van der Waals surface area contributed by atoms with Crippen LogP contribution in [0.1, 0.15) is 22.8 Å². The maximum atomic E-state index is 12.8. The van der Waals surface area contributed by atoms with Gasteiger partial charge in [0.1, 0.15) is 0 Å².